The molecule has 0 radical (unpaired) electrons. The average Bonchev–Trinajstić information content (AvgIpc) is 2.54. The van der Waals surface area contributed by atoms with Crippen molar-refractivity contribution >= 4 is 17.7 Å². The third-order valence-electron chi connectivity index (χ3n) is 3.34. The molecule has 2 N–H and O–H groups in total. The lowest BCUT2D eigenvalue weighted by Gasteiger charge is -2.22. The van der Waals surface area contributed by atoms with Gasteiger partial charge in [-0.1, -0.05) is 12.1 Å². The maximum Gasteiger partial charge on any atom is 0.408 e. The minimum atomic E-state index is -0.543. The number of ether oxygens (including phenoxy) is 1. The minimum absolute atomic E-state index is 0.203. The Hall–Kier alpha value is -2.89. The van der Waals surface area contributed by atoms with Gasteiger partial charge in [0.1, 0.15) is 5.60 Å². The topological polar surface area (TPSA) is 80.3 Å². The van der Waals surface area contributed by atoms with Crippen LogP contribution in [0.1, 0.15) is 49.7 Å². The lowest BCUT2D eigenvalue weighted by atomic mass is 10.1. The Morgan fingerprint density at radius 2 is 1.64 bits per heavy atom. The molecule has 1 atom stereocenters. The van der Waals surface area contributed by atoms with E-state index >= 15 is 0 Å². The fourth-order valence-corrected chi connectivity index (χ4v) is 2.13. The van der Waals surface area contributed by atoms with Crippen LogP contribution in [-0.4, -0.2) is 22.6 Å². The van der Waals surface area contributed by atoms with Crippen molar-refractivity contribution in [1.82, 2.24) is 10.3 Å². The van der Waals surface area contributed by atoms with Crippen LogP contribution < -0.4 is 10.6 Å². The molecular formula is C19H23N3O3. The number of carbonyl (C=O) groups excluding carboxylic acids is 2. The number of hydrogen-bond acceptors (Lipinski definition) is 4. The first-order valence-corrected chi connectivity index (χ1v) is 8.05. The third kappa shape index (κ3) is 5.91. The summed E-state index contributed by atoms with van der Waals surface area (Å²) in [6.07, 6.45) is 2.75. The van der Waals surface area contributed by atoms with Gasteiger partial charge in [0.05, 0.1) is 6.04 Å². The number of amides is 2. The second kappa shape index (κ2) is 7.79. The van der Waals surface area contributed by atoms with Crippen molar-refractivity contribution in [3.05, 3.63) is 59.9 Å². The van der Waals surface area contributed by atoms with Gasteiger partial charge in [0.25, 0.3) is 5.91 Å². The summed E-state index contributed by atoms with van der Waals surface area (Å²) in [5.41, 5.74) is 1.55. The van der Waals surface area contributed by atoms with Crippen LogP contribution in [-0.2, 0) is 4.74 Å². The van der Waals surface area contributed by atoms with Gasteiger partial charge in [0.15, 0.2) is 0 Å². The van der Waals surface area contributed by atoms with E-state index in [0.717, 1.165) is 5.56 Å². The maximum absolute atomic E-state index is 12.2. The lowest BCUT2D eigenvalue weighted by Crippen LogP contribution is -2.34. The summed E-state index contributed by atoms with van der Waals surface area (Å²) < 4.78 is 5.24. The molecular weight excluding hydrogens is 318 g/mol. The number of carbonyl (C=O) groups is 2. The Morgan fingerprint density at radius 1 is 1.04 bits per heavy atom. The molecule has 1 heterocycles. The smallest absolute Gasteiger partial charge is 0.408 e. The van der Waals surface area contributed by atoms with Crippen molar-refractivity contribution in [2.45, 2.75) is 39.3 Å². The predicted octanol–water partition coefficient (Wildman–Crippen LogP) is 3.92. The molecule has 0 aliphatic rings. The highest BCUT2D eigenvalue weighted by Crippen LogP contribution is 2.16. The molecule has 0 unspecified atom stereocenters. The van der Waals surface area contributed by atoms with Gasteiger partial charge in [0, 0.05) is 23.6 Å². The molecule has 6 nitrogen and oxygen atoms in total. The van der Waals surface area contributed by atoms with E-state index in [-0.39, 0.29) is 11.9 Å². The number of anilines is 1. The number of rotatable bonds is 4. The van der Waals surface area contributed by atoms with Crippen LogP contribution in [0.4, 0.5) is 10.5 Å². The summed E-state index contributed by atoms with van der Waals surface area (Å²) in [5.74, 6) is -0.203. The largest absolute Gasteiger partial charge is 0.444 e. The molecule has 0 bridgehead atoms. The molecule has 0 saturated carbocycles. The van der Waals surface area contributed by atoms with Crippen LogP contribution in [0.25, 0.3) is 0 Å². The zero-order chi connectivity index (χ0) is 18.4. The molecule has 0 aliphatic carbocycles. The van der Waals surface area contributed by atoms with E-state index in [1.54, 1.807) is 36.7 Å². The van der Waals surface area contributed by atoms with E-state index in [4.69, 9.17) is 4.74 Å². The fraction of sp³-hybridized carbons (Fsp3) is 0.316. The van der Waals surface area contributed by atoms with Gasteiger partial charge < -0.3 is 15.4 Å². The normalized spacial score (nSPS) is 12.2. The van der Waals surface area contributed by atoms with Crippen molar-refractivity contribution in [3.8, 4) is 0 Å². The molecule has 0 spiro atoms. The monoisotopic (exact) mass is 341 g/mol. The first-order valence-electron chi connectivity index (χ1n) is 8.05. The van der Waals surface area contributed by atoms with E-state index in [9.17, 15) is 9.59 Å². The highest BCUT2D eigenvalue weighted by atomic mass is 16.6. The van der Waals surface area contributed by atoms with Gasteiger partial charge >= 0.3 is 6.09 Å². The van der Waals surface area contributed by atoms with Crippen LogP contribution in [0.15, 0.2) is 48.8 Å². The third-order valence-corrected chi connectivity index (χ3v) is 3.34. The van der Waals surface area contributed by atoms with Crippen LogP contribution in [0.3, 0.4) is 0 Å². The summed E-state index contributed by atoms with van der Waals surface area (Å²) in [6.45, 7) is 7.30. The van der Waals surface area contributed by atoms with Crippen LogP contribution in [0, 0.1) is 0 Å². The summed E-state index contributed by atoms with van der Waals surface area (Å²) >= 11 is 0. The van der Waals surface area contributed by atoms with Gasteiger partial charge in [0.2, 0.25) is 0 Å². The van der Waals surface area contributed by atoms with Crippen molar-refractivity contribution < 1.29 is 14.3 Å². The number of nitrogens with zero attached hydrogens (tertiary/aromatic N) is 1. The average molecular weight is 341 g/mol. The highest BCUT2D eigenvalue weighted by Gasteiger charge is 2.18. The molecule has 132 valence electrons. The van der Waals surface area contributed by atoms with E-state index in [1.807, 2.05) is 39.8 Å². The van der Waals surface area contributed by atoms with Crippen molar-refractivity contribution in [1.29, 1.82) is 0 Å². The summed E-state index contributed by atoms with van der Waals surface area (Å²) in [6, 6.07) is 10.3. The second-order valence-electron chi connectivity index (χ2n) is 6.68. The maximum atomic E-state index is 12.2. The highest BCUT2D eigenvalue weighted by molar-refractivity contribution is 6.04. The van der Waals surface area contributed by atoms with Crippen molar-refractivity contribution in [2.24, 2.45) is 0 Å². The predicted molar refractivity (Wildman–Crippen MR) is 96.4 cm³/mol. The number of benzene rings is 1. The molecule has 2 aromatic rings. The standard InChI is InChI=1S/C19H23N3O3/c1-13(21-18(24)25-19(2,3)4)14-5-7-15(8-6-14)17(23)22-16-9-11-20-12-10-16/h5-13H,1-4H3,(H,21,24)(H,20,22,23)/t13-/m0/s1. The van der Waals surface area contributed by atoms with Crippen LogP contribution >= 0.6 is 0 Å². The fourth-order valence-electron chi connectivity index (χ4n) is 2.13. The zero-order valence-corrected chi connectivity index (χ0v) is 14.9. The molecule has 0 aliphatic heterocycles. The number of aromatic nitrogens is 1. The molecule has 2 rings (SSSR count). The summed E-state index contributed by atoms with van der Waals surface area (Å²) in [4.78, 5) is 27.9. The van der Waals surface area contributed by atoms with E-state index < -0.39 is 11.7 Å². The quantitative estimate of drug-likeness (QED) is 0.883. The molecule has 25 heavy (non-hydrogen) atoms. The first-order chi connectivity index (χ1) is 11.7. The minimum Gasteiger partial charge on any atom is -0.444 e. The van der Waals surface area contributed by atoms with Gasteiger partial charge in [-0.05, 0) is 57.5 Å². The van der Waals surface area contributed by atoms with Gasteiger partial charge in [-0.2, -0.15) is 0 Å². The number of pyridine rings is 1. The number of alkyl carbamates (subject to hydrolysis) is 1. The van der Waals surface area contributed by atoms with Crippen molar-refractivity contribution in [3.63, 3.8) is 0 Å². The molecule has 0 saturated heterocycles. The first kappa shape index (κ1) is 18.4. The summed E-state index contributed by atoms with van der Waals surface area (Å²) in [5, 5.41) is 5.57. The van der Waals surface area contributed by atoms with Crippen molar-refractivity contribution in [2.75, 3.05) is 5.32 Å². The Balaban J connectivity index is 1.97. The molecule has 2 amide bonds. The number of nitrogens with one attached hydrogen (secondary N) is 2. The van der Waals surface area contributed by atoms with Gasteiger partial charge in [-0.15, -0.1) is 0 Å². The number of hydrogen-bond donors (Lipinski definition) is 2. The lowest BCUT2D eigenvalue weighted by molar-refractivity contribution is 0.0507. The van der Waals surface area contributed by atoms with E-state index in [0.29, 0.717) is 11.3 Å². The Bertz CT molecular complexity index is 722. The molecule has 1 aromatic carbocycles. The Morgan fingerprint density at radius 3 is 2.20 bits per heavy atom. The van der Waals surface area contributed by atoms with Crippen LogP contribution in [0.5, 0.6) is 0 Å². The second-order valence-corrected chi connectivity index (χ2v) is 6.68. The Labute approximate surface area is 147 Å². The molecule has 6 heteroatoms. The van der Waals surface area contributed by atoms with E-state index in [1.165, 1.54) is 0 Å². The zero-order valence-electron chi connectivity index (χ0n) is 14.9. The van der Waals surface area contributed by atoms with Gasteiger partial charge in [-0.25, -0.2) is 4.79 Å². The molecule has 1 aromatic heterocycles. The Kier molecular flexibility index (Phi) is 5.75. The van der Waals surface area contributed by atoms with Crippen LogP contribution in [0.2, 0.25) is 0 Å². The van der Waals surface area contributed by atoms with Gasteiger partial charge in [-0.3, -0.25) is 9.78 Å². The SMILES string of the molecule is C[C@H](NC(=O)OC(C)(C)C)c1ccc(C(=O)Nc2ccncc2)cc1. The molecule has 0 fully saturated rings. The van der Waals surface area contributed by atoms with E-state index in [2.05, 4.69) is 15.6 Å². The summed E-state index contributed by atoms with van der Waals surface area (Å²) in [7, 11) is 0.